The number of carboxylic acids is 1. The average molecular weight is 333 g/mol. The summed E-state index contributed by atoms with van der Waals surface area (Å²) in [6.45, 7) is 5.79. The minimum atomic E-state index is -1.03. The van der Waals surface area contributed by atoms with E-state index in [1.165, 1.54) is 4.90 Å². The fourth-order valence-electron chi connectivity index (χ4n) is 2.57. The summed E-state index contributed by atoms with van der Waals surface area (Å²) in [6, 6.07) is 7.28. The van der Waals surface area contributed by atoms with E-state index in [-0.39, 0.29) is 12.1 Å². The number of amides is 1. The van der Waals surface area contributed by atoms with Crippen LogP contribution in [0.15, 0.2) is 29.8 Å². The van der Waals surface area contributed by atoms with Crippen molar-refractivity contribution in [2.75, 3.05) is 20.2 Å². The molecule has 130 valence electrons. The molecule has 2 rings (SSSR count). The van der Waals surface area contributed by atoms with Gasteiger partial charge in [0.05, 0.1) is 19.2 Å². The fourth-order valence-corrected chi connectivity index (χ4v) is 2.57. The summed E-state index contributed by atoms with van der Waals surface area (Å²) >= 11 is 0. The van der Waals surface area contributed by atoms with Gasteiger partial charge in [0.2, 0.25) is 0 Å². The topological polar surface area (TPSA) is 76.1 Å². The second-order valence-electron chi connectivity index (χ2n) is 6.65. The van der Waals surface area contributed by atoms with E-state index < -0.39 is 17.7 Å². The molecule has 0 aliphatic carbocycles. The first kappa shape index (κ1) is 17.8. The van der Waals surface area contributed by atoms with Gasteiger partial charge in [-0.05, 0) is 50.5 Å². The Morgan fingerprint density at radius 1 is 1.25 bits per heavy atom. The molecule has 0 aromatic heterocycles. The zero-order chi connectivity index (χ0) is 17.9. The lowest BCUT2D eigenvalue weighted by Gasteiger charge is -2.31. The zero-order valence-electron chi connectivity index (χ0n) is 14.5. The Balaban J connectivity index is 2.29. The summed E-state index contributed by atoms with van der Waals surface area (Å²) < 4.78 is 10.5. The molecule has 1 aliphatic heterocycles. The van der Waals surface area contributed by atoms with Gasteiger partial charge >= 0.3 is 12.1 Å². The van der Waals surface area contributed by atoms with Gasteiger partial charge in [0.1, 0.15) is 11.4 Å². The Kier molecular flexibility index (Phi) is 5.17. The van der Waals surface area contributed by atoms with Crippen LogP contribution in [0.5, 0.6) is 5.75 Å². The highest BCUT2D eigenvalue weighted by molar-refractivity contribution is 5.98. The highest BCUT2D eigenvalue weighted by Gasteiger charge is 2.30. The molecule has 1 heterocycles. The van der Waals surface area contributed by atoms with Crippen molar-refractivity contribution in [2.45, 2.75) is 32.8 Å². The summed E-state index contributed by atoms with van der Waals surface area (Å²) in [6.07, 6.45) is -0.0421. The molecule has 0 atom stereocenters. The van der Waals surface area contributed by atoms with Crippen LogP contribution in [0.2, 0.25) is 0 Å². The molecule has 0 bridgehead atoms. The van der Waals surface area contributed by atoms with Crippen LogP contribution in [0.3, 0.4) is 0 Å². The maximum Gasteiger partial charge on any atom is 0.410 e. The molecule has 6 nitrogen and oxygen atoms in total. The molecule has 1 aromatic rings. The number of carbonyl (C=O) groups is 2. The first-order valence-corrected chi connectivity index (χ1v) is 7.79. The summed E-state index contributed by atoms with van der Waals surface area (Å²) in [5, 5.41) is 9.56. The van der Waals surface area contributed by atoms with E-state index in [4.69, 9.17) is 9.47 Å². The number of carbonyl (C=O) groups excluding carboxylic acids is 1. The number of nitrogens with zero attached hydrogens (tertiary/aromatic N) is 1. The van der Waals surface area contributed by atoms with E-state index >= 15 is 0 Å². The lowest BCUT2D eigenvalue weighted by atomic mass is 9.93. The standard InChI is InChI=1S/C18H23NO5/c1-18(2,3)24-17(22)19-9-8-14(15(11-19)16(20)21)12-6-5-7-13(10-12)23-4/h5-7,10H,8-9,11H2,1-4H3,(H,20,21). The van der Waals surface area contributed by atoms with E-state index in [9.17, 15) is 14.7 Å². The van der Waals surface area contributed by atoms with Crippen LogP contribution < -0.4 is 4.74 Å². The Labute approximate surface area is 141 Å². The molecule has 6 heteroatoms. The Bertz CT molecular complexity index is 672. The van der Waals surface area contributed by atoms with Crippen molar-refractivity contribution in [1.29, 1.82) is 0 Å². The number of hydrogen-bond acceptors (Lipinski definition) is 4. The van der Waals surface area contributed by atoms with E-state index in [0.717, 1.165) is 11.1 Å². The molecular formula is C18H23NO5. The quantitative estimate of drug-likeness (QED) is 0.919. The van der Waals surface area contributed by atoms with Gasteiger partial charge < -0.3 is 19.5 Å². The minimum Gasteiger partial charge on any atom is -0.497 e. The van der Waals surface area contributed by atoms with Crippen LogP contribution in [-0.4, -0.2) is 47.9 Å². The smallest absolute Gasteiger partial charge is 0.410 e. The molecule has 0 unspecified atom stereocenters. The molecule has 0 saturated carbocycles. The Hall–Kier alpha value is -2.50. The van der Waals surface area contributed by atoms with Crippen LogP contribution in [0.25, 0.3) is 5.57 Å². The first-order chi connectivity index (χ1) is 11.2. The average Bonchev–Trinajstić information content (AvgIpc) is 2.52. The van der Waals surface area contributed by atoms with Crippen LogP contribution >= 0.6 is 0 Å². The molecular weight excluding hydrogens is 310 g/mol. The number of carboxylic acid groups (broad SMARTS) is 1. The largest absolute Gasteiger partial charge is 0.497 e. The summed E-state index contributed by atoms with van der Waals surface area (Å²) in [4.78, 5) is 25.3. The third kappa shape index (κ3) is 4.28. The van der Waals surface area contributed by atoms with E-state index in [1.807, 2.05) is 12.1 Å². The van der Waals surface area contributed by atoms with Gasteiger partial charge in [-0.15, -0.1) is 0 Å². The lowest BCUT2D eigenvalue weighted by molar-refractivity contribution is -0.132. The molecule has 1 aromatic carbocycles. The predicted molar refractivity (Wildman–Crippen MR) is 90.0 cm³/mol. The van der Waals surface area contributed by atoms with Crippen molar-refractivity contribution in [3.63, 3.8) is 0 Å². The maximum absolute atomic E-state index is 12.2. The van der Waals surface area contributed by atoms with E-state index in [0.29, 0.717) is 18.7 Å². The van der Waals surface area contributed by atoms with Crippen LogP contribution in [0.4, 0.5) is 4.79 Å². The molecule has 0 saturated heterocycles. The van der Waals surface area contributed by atoms with Crippen molar-refractivity contribution < 1.29 is 24.2 Å². The van der Waals surface area contributed by atoms with Gasteiger partial charge in [0.15, 0.2) is 0 Å². The molecule has 24 heavy (non-hydrogen) atoms. The highest BCUT2D eigenvalue weighted by atomic mass is 16.6. The summed E-state index contributed by atoms with van der Waals surface area (Å²) in [7, 11) is 1.57. The van der Waals surface area contributed by atoms with Crippen molar-refractivity contribution in [1.82, 2.24) is 4.90 Å². The SMILES string of the molecule is COc1cccc(C2=C(C(=O)O)CN(C(=O)OC(C)(C)C)CC2)c1. The molecule has 1 aliphatic rings. The van der Waals surface area contributed by atoms with Crippen LogP contribution in [-0.2, 0) is 9.53 Å². The summed E-state index contributed by atoms with van der Waals surface area (Å²) in [5.74, 6) is -0.361. The number of hydrogen-bond donors (Lipinski definition) is 1. The maximum atomic E-state index is 12.2. The molecule has 1 amide bonds. The van der Waals surface area contributed by atoms with Gasteiger partial charge in [0.25, 0.3) is 0 Å². The Morgan fingerprint density at radius 3 is 2.54 bits per heavy atom. The fraction of sp³-hybridized carbons (Fsp3) is 0.444. The first-order valence-electron chi connectivity index (χ1n) is 7.79. The number of aliphatic carboxylic acids is 1. The lowest BCUT2D eigenvalue weighted by Crippen LogP contribution is -2.41. The summed E-state index contributed by atoms with van der Waals surface area (Å²) in [5.41, 5.74) is 1.12. The normalized spacial score (nSPS) is 15.2. The third-order valence-corrected chi connectivity index (χ3v) is 3.67. The van der Waals surface area contributed by atoms with Crippen molar-refractivity contribution in [3.8, 4) is 5.75 Å². The third-order valence-electron chi connectivity index (χ3n) is 3.67. The van der Waals surface area contributed by atoms with Gasteiger partial charge in [-0.2, -0.15) is 0 Å². The van der Waals surface area contributed by atoms with Crippen LogP contribution in [0.1, 0.15) is 32.8 Å². The highest BCUT2D eigenvalue weighted by Crippen LogP contribution is 2.30. The predicted octanol–water partition coefficient (Wildman–Crippen LogP) is 3.17. The molecule has 0 spiro atoms. The second-order valence-corrected chi connectivity index (χ2v) is 6.65. The number of rotatable bonds is 3. The van der Waals surface area contributed by atoms with Crippen LogP contribution in [0, 0.1) is 0 Å². The number of methoxy groups -OCH3 is 1. The van der Waals surface area contributed by atoms with Gasteiger partial charge in [-0.1, -0.05) is 12.1 Å². The Morgan fingerprint density at radius 2 is 1.96 bits per heavy atom. The van der Waals surface area contributed by atoms with Crippen molar-refractivity contribution >= 4 is 17.6 Å². The van der Waals surface area contributed by atoms with Gasteiger partial charge in [-0.3, -0.25) is 0 Å². The number of benzene rings is 1. The monoisotopic (exact) mass is 333 g/mol. The van der Waals surface area contributed by atoms with Crippen molar-refractivity contribution in [2.24, 2.45) is 0 Å². The minimum absolute atomic E-state index is 0.0246. The van der Waals surface area contributed by atoms with E-state index in [1.54, 1.807) is 40.0 Å². The second kappa shape index (κ2) is 6.95. The van der Waals surface area contributed by atoms with Gasteiger partial charge in [-0.25, -0.2) is 9.59 Å². The zero-order valence-corrected chi connectivity index (χ0v) is 14.5. The molecule has 1 N–H and O–H groups in total. The van der Waals surface area contributed by atoms with Gasteiger partial charge in [0, 0.05) is 6.54 Å². The molecule has 0 radical (unpaired) electrons. The van der Waals surface area contributed by atoms with Crippen molar-refractivity contribution in [3.05, 3.63) is 35.4 Å². The molecule has 0 fully saturated rings. The number of ether oxygens (including phenoxy) is 2. The van der Waals surface area contributed by atoms with E-state index in [2.05, 4.69) is 0 Å².